The summed E-state index contributed by atoms with van der Waals surface area (Å²) in [5.74, 6) is 0. The first-order valence-corrected chi connectivity index (χ1v) is 7.69. The van der Waals surface area contributed by atoms with Gasteiger partial charge in [0.05, 0.1) is 0 Å². The number of nitrogen functional groups attached to an aromatic ring is 1. The molecular weight excluding hydrogens is 312 g/mol. The Labute approximate surface area is 129 Å². The summed E-state index contributed by atoms with van der Waals surface area (Å²) in [6.45, 7) is 7.25. The molecule has 0 fully saturated rings. The van der Waals surface area contributed by atoms with Crippen LogP contribution in [0.4, 0.5) is 5.69 Å². The second-order valence-corrected chi connectivity index (χ2v) is 6.04. The van der Waals surface area contributed by atoms with Crippen LogP contribution in [-0.4, -0.2) is 11.4 Å². The van der Waals surface area contributed by atoms with E-state index in [4.69, 9.17) is 5.73 Å². The molecule has 0 aliphatic rings. The van der Waals surface area contributed by atoms with Crippen molar-refractivity contribution in [2.75, 3.05) is 12.3 Å². The lowest BCUT2D eigenvalue weighted by atomic mass is 10.1. The van der Waals surface area contributed by atoms with Gasteiger partial charge >= 0.3 is 0 Å². The zero-order valence-corrected chi connectivity index (χ0v) is 13.7. The number of aryl methyl sites for hydroxylation is 1. The van der Waals surface area contributed by atoms with Gasteiger partial charge < -0.3 is 5.73 Å². The van der Waals surface area contributed by atoms with E-state index in [9.17, 15) is 0 Å². The Morgan fingerprint density at radius 1 is 1.10 bits per heavy atom. The molecular formula is C17H21BrN2. The lowest BCUT2D eigenvalue weighted by Crippen LogP contribution is -2.22. The number of hydrogen-bond donors (Lipinski definition) is 1. The molecule has 0 atom stereocenters. The van der Waals surface area contributed by atoms with Crippen molar-refractivity contribution >= 4 is 21.6 Å². The van der Waals surface area contributed by atoms with Crippen LogP contribution in [0.25, 0.3) is 0 Å². The summed E-state index contributed by atoms with van der Waals surface area (Å²) in [6, 6.07) is 14.7. The summed E-state index contributed by atoms with van der Waals surface area (Å²) in [4.78, 5) is 2.42. The van der Waals surface area contributed by atoms with Crippen molar-refractivity contribution in [3.8, 4) is 0 Å². The fraction of sp³-hybridized carbons (Fsp3) is 0.294. The van der Waals surface area contributed by atoms with Gasteiger partial charge in [-0.25, -0.2) is 0 Å². The highest BCUT2D eigenvalue weighted by molar-refractivity contribution is 9.10. The molecule has 0 aromatic heterocycles. The molecule has 0 bridgehead atoms. The smallest absolute Gasteiger partial charge is 0.0328 e. The molecule has 20 heavy (non-hydrogen) atoms. The first-order chi connectivity index (χ1) is 9.58. The van der Waals surface area contributed by atoms with Gasteiger partial charge in [-0.2, -0.15) is 0 Å². The number of benzene rings is 2. The Morgan fingerprint density at radius 2 is 1.85 bits per heavy atom. The second kappa shape index (κ2) is 6.91. The molecule has 2 N–H and O–H groups in total. The molecule has 0 saturated heterocycles. The zero-order valence-electron chi connectivity index (χ0n) is 12.1. The first kappa shape index (κ1) is 15.1. The van der Waals surface area contributed by atoms with Crippen LogP contribution in [0.2, 0.25) is 0 Å². The van der Waals surface area contributed by atoms with Crippen molar-refractivity contribution in [2.24, 2.45) is 0 Å². The second-order valence-electron chi connectivity index (χ2n) is 5.12. The van der Waals surface area contributed by atoms with E-state index in [-0.39, 0.29) is 0 Å². The third-order valence-corrected chi connectivity index (χ3v) is 3.95. The molecule has 3 heteroatoms. The van der Waals surface area contributed by atoms with E-state index in [0.29, 0.717) is 0 Å². The summed E-state index contributed by atoms with van der Waals surface area (Å²) in [7, 11) is 0. The molecule has 0 radical (unpaired) electrons. The summed E-state index contributed by atoms with van der Waals surface area (Å²) < 4.78 is 1.04. The lowest BCUT2D eigenvalue weighted by molar-refractivity contribution is 0.271. The zero-order chi connectivity index (χ0) is 14.5. The lowest BCUT2D eigenvalue weighted by Gasteiger charge is -2.22. The van der Waals surface area contributed by atoms with Crippen LogP contribution in [0.15, 0.2) is 46.9 Å². The predicted octanol–water partition coefficient (Wildman–Crippen LogP) is 4.36. The van der Waals surface area contributed by atoms with Crippen molar-refractivity contribution < 1.29 is 0 Å². The van der Waals surface area contributed by atoms with Crippen LogP contribution < -0.4 is 5.73 Å². The van der Waals surface area contributed by atoms with Gasteiger partial charge in [0.25, 0.3) is 0 Å². The molecule has 2 aromatic carbocycles. The Hall–Kier alpha value is -1.32. The standard InChI is InChI=1S/C17H21BrN2/c1-3-20(12-15-7-5-4-6-13(15)2)11-14-8-16(18)10-17(19)9-14/h4-10H,3,11-12,19H2,1-2H3. The van der Waals surface area contributed by atoms with Crippen LogP contribution in [-0.2, 0) is 13.1 Å². The fourth-order valence-corrected chi connectivity index (χ4v) is 2.89. The third kappa shape index (κ3) is 4.09. The average Bonchev–Trinajstić information content (AvgIpc) is 2.39. The predicted molar refractivity (Wildman–Crippen MR) is 89.5 cm³/mol. The molecule has 106 valence electrons. The quantitative estimate of drug-likeness (QED) is 0.824. The van der Waals surface area contributed by atoms with E-state index in [2.05, 4.69) is 65.0 Å². The van der Waals surface area contributed by atoms with Gasteiger partial charge in [0, 0.05) is 23.2 Å². The molecule has 2 aromatic rings. The van der Waals surface area contributed by atoms with Crippen molar-refractivity contribution in [3.63, 3.8) is 0 Å². The Balaban J connectivity index is 2.11. The summed E-state index contributed by atoms with van der Waals surface area (Å²) >= 11 is 3.50. The topological polar surface area (TPSA) is 29.3 Å². The number of nitrogens with zero attached hydrogens (tertiary/aromatic N) is 1. The largest absolute Gasteiger partial charge is 0.399 e. The monoisotopic (exact) mass is 332 g/mol. The molecule has 0 aliphatic carbocycles. The van der Waals surface area contributed by atoms with Crippen LogP contribution in [0.5, 0.6) is 0 Å². The number of halogens is 1. The Kier molecular flexibility index (Phi) is 5.21. The highest BCUT2D eigenvalue weighted by Crippen LogP contribution is 2.20. The van der Waals surface area contributed by atoms with E-state index >= 15 is 0 Å². The number of anilines is 1. The number of rotatable bonds is 5. The van der Waals surface area contributed by atoms with Crippen LogP contribution >= 0.6 is 15.9 Å². The maximum atomic E-state index is 5.90. The minimum absolute atomic E-state index is 0.807. The fourth-order valence-electron chi connectivity index (χ4n) is 2.33. The minimum Gasteiger partial charge on any atom is -0.399 e. The molecule has 0 heterocycles. The highest BCUT2D eigenvalue weighted by Gasteiger charge is 2.07. The van der Waals surface area contributed by atoms with E-state index in [0.717, 1.165) is 29.8 Å². The van der Waals surface area contributed by atoms with Crippen molar-refractivity contribution in [1.29, 1.82) is 0 Å². The Bertz CT molecular complexity index is 561. The van der Waals surface area contributed by atoms with E-state index in [1.807, 2.05) is 12.1 Å². The van der Waals surface area contributed by atoms with Crippen LogP contribution in [0.1, 0.15) is 23.6 Å². The van der Waals surface area contributed by atoms with E-state index < -0.39 is 0 Å². The van der Waals surface area contributed by atoms with Gasteiger partial charge in [-0.1, -0.05) is 47.1 Å². The SMILES string of the molecule is CCN(Cc1cc(N)cc(Br)c1)Cc1ccccc1C. The average molecular weight is 333 g/mol. The normalized spacial score (nSPS) is 11.0. The summed E-state index contributed by atoms with van der Waals surface area (Å²) in [6.07, 6.45) is 0. The third-order valence-electron chi connectivity index (χ3n) is 3.49. The minimum atomic E-state index is 0.807. The van der Waals surface area contributed by atoms with Gasteiger partial charge in [0.1, 0.15) is 0 Å². The van der Waals surface area contributed by atoms with Crippen LogP contribution in [0, 0.1) is 6.92 Å². The van der Waals surface area contributed by atoms with Crippen molar-refractivity contribution in [3.05, 3.63) is 63.6 Å². The van der Waals surface area contributed by atoms with E-state index in [1.54, 1.807) is 0 Å². The van der Waals surface area contributed by atoms with Gasteiger partial charge in [0.15, 0.2) is 0 Å². The first-order valence-electron chi connectivity index (χ1n) is 6.90. The van der Waals surface area contributed by atoms with Gasteiger partial charge in [-0.3, -0.25) is 4.90 Å². The van der Waals surface area contributed by atoms with Crippen molar-refractivity contribution in [2.45, 2.75) is 26.9 Å². The maximum absolute atomic E-state index is 5.90. The molecule has 2 nitrogen and oxygen atoms in total. The summed E-state index contributed by atoms with van der Waals surface area (Å²) in [5, 5.41) is 0. The van der Waals surface area contributed by atoms with Gasteiger partial charge in [0.2, 0.25) is 0 Å². The maximum Gasteiger partial charge on any atom is 0.0328 e. The molecule has 0 saturated carbocycles. The van der Waals surface area contributed by atoms with Gasteiger partial charge in [-0.15, -0.1) is 0 Å². The molecule has 0 spiro atoms. The number of nitrogens with two attached hydrogens (primary N) is 1. The number of hydrogen-bond acceptors (Lipinski definition) is 2. The molecule has 0 unspecified atom stereocenters. The highest BCUT2D eigenvalue weighted by atomic mass is 79.9. The molecule has 0 aliphatic heterocycles. The molecule has 2 rings (SSSR count). The van der Waals surface area contributed by atoms with Gasteiger partial charge in [-0.05, 0) is 48.4 Å². The Morgan fingerprint density at radius 3 is 2.50 bits per heavy atom. The van der Waals surface area contributed by atoms with Crippen molar-refractivity contribution in [1.82, 2.24) is 4.90 Å². The molecule has 0 amide bonds. The van der Waals surface area contributed by atoms with E-state index in [1.165, 1.54) is 16.7 Å². The van der Waals surface area contributed by atoms with Crippen LogP contribution in [0.3, 0.4) is 0 Å². The summed E-state index contributed by atoms with van der Waals surface area (Å²) in [5.41, 5.74) is 10.7.